The Morgan fingerprint density at radius 1 is 1.28 bits per heavy atom. The quantitative estimate of drug-likeness (QED) is 0.637. The molecule has 6 nitrogen and oxygen atoms in total. The Labute approximate surface area is 143 Å². The van der Waals surface area contributed by atoms with Crippen LogP contribution in [0.2, 0.25) is 0 Å². The van der Waals surface area contributed by atoms with Gasteiger partial charge in [-0.1, -0.05) is 30.3 Å². The van der Waals surface area contributed by atoms with Gasteiger partial charge in [0.1, 0.15) is 6.04 Å². The molecule has 0 spiro atoms. The lowest BCUT2D eigenvalue weighted by Crippen LogP contribution is -2.30. The molecule has 1 rings (SSSR count). The van der Waals surface area contributed by atoms with E-state index in [9.17, 15) is 26.4 Å². The second-order valence-corrected chi connectivity index (χ2v) is 7.25. The van der Waals surface area contributed by atoms with Crippen molar-refractivity contribution < 1.29 is 31.5 Å². The summed E-state index contributed by atoms with van der Waals surface area (Å²) in [4.78, 5) is 10.5. The van der Waals surface area contributed by atoms with E-state index in [0.717, 1.165) is 6.21 Å². The maximum absolute atomic E-state index is 13.1. The highest BCUT2D eigenvalue weighted by Crippen LogP contribution is 2.32. The molecule has 0 radical (unpaired) electrons. The molecule has 0 saturated heterocycles. The molecule has 1 aromatic rings. The summed E-state index contributed by atoms with van der Waals surface area (Å²) in [6.07, 6.45) is -5.04. The van der Waals surface area contributed by atoms with Crippen LogP contribution >= 0.6 is 0 Å². The summed E-state index contributed by atoms with van der Waals surface area (Å²) in [7, 11) is -4.13. The standard InChI is InChI=1S/C15H19F3N2O4S/c16-15(17,18)12(10-11-4-2-1-3-5-11)7-9-25(23,24)20-8-6-13(19)14(21)22/h1-5,8,12-13H,6-7,9-10,19H2,(H,21,22)/t12?,13-/m0/s1. The lowest BCUT2D eigenvalue weighted by atomic mass is 9.96. The third kappa shape index (κ3) is 8.12. The van der Waals surface area contributed by atoms with E-state index in [1.165, 1.54) is 0 Å². The predicted octanol–water partition coefficient (Wildman–Crippen LogP) is 2.00. The molecule has 1 unspecified atom stereocenters. The van der Waals surface area contributed by atoms with Crippen molar-refractivity contribution in [2.24, 2.45) is 16.0 Å². The van der Waals surface area contributed by atoms with Crippen LogP contribution in [0.4, 0.5) is 13.2 Å². The summed E-state index contributed by atoms with van der Waals surface area (Å²) in [5.74, 6) is -3.94. The lowest BCUT2D eigenvalue weighted by molar-refractivity contribution is -0.174. The van der Waals surface area contributed by atoms with Crippen LogP contribution in [0.5, 0.6) is 0 Å². The summed E-state index contributed by atoms with van der Waals surface area (Å²) in [5.41, 5.74) is 5.63. The zero-order chi connectivity index (χ0) is 19.1. The minimum absolute atomic E-state index is 0.326. The molecule has 0 aliphatic carbocycles. The first-order chi connectivity index (χ1) is 11.5. The molecule has 0 amide bonds. The maximum Gasteiger partial charge on any atom is 0.392 e. The summed E-state index contributed by atoms with van der Waals surface area (Å²) in [6.45, 7) is 0. The normalized spacial score (nSPS) is 15.2. The minimum Gasteiger partial charge on any atom is -0.480 e. The molecular weight excluding hydrogens is 361 g/mol. The van der Waals surface area contributed by atoms with E-state index in [-0.39, 0.29) is 12.8 Å². The van der Waals surface area contributed by atoms with Crippen molar-refractivity contribution in [1.82, 2.24) is 0 Å². The number of aliphatic carboxylic acids is 1. The van der Waals surface area contributed by atoms with Gasteiger partial charge < -0.3 is 10.8 Å². The Hall–Kier alpha value is -1.94. The van der Waals surface area contributed by atoms with Crippen molar-refractivity contribution in [2.45, 2.75) is 31.5 Å². The number of hydrogen-bond donors (Lipinski definition) is 2. The van der Waals surface area contributed by atoms with E-state index in [1.54, 1.807) is 30.3 Å². The fourth-order valence-electron chi connectivity index (χ4n) is 1.99. The highest BCUT2D eigenvalue weighted by Gasteiger charge is 2.39. The van der Waals surface area contributed by atoms with Gasteiger partial charge in [0.15, 0.2) is 0 Å². The fourth-order valence-corrected chi connectivity index (χ4v) is 3.00. The van der Waals surface area contributed by atoms with Crippen molar-refractivity contribution >= 4 is 22.2 Å². The summed E-state index contributed by atoms with van der Waals surface area (Å²) >= 11 is 0. The third-order valence-corrected chi connectivity index (χ3v) is 4.65. The molecule has 0 bridgehead atoms. The van der Waals surface area contributed by atoms with Crippen molar-refractivity contribution in [3.05, 3.63) is 35.9 Å². The van der Waals surface area contributed by atoms with E-state index in [2.05, 4.69) is 4.40 Å². The van der Waals surface area contributed by atoms with Crippen LogP contribution in [0.1, 0.15) is 18.4 Å². The van der Waals surface area contributed by atoms with E-state index >= 15 is 0 Å². The summed E-state index contributed by atoms with van der Waals surface area (Å²) in [6, 6.07) is 6.65. The number of nitrogens with two attached hydrogens (primary N) is 1. The molecule has 0 fully saturated rings. The Morgan fingerprint density at radius 2 is 1.88 bits per heavy atom. The van der Waals surface area contributed by atoms with E-state index < -0.39 is 46.3 Å². The molecule has 0 aromatic heterocycles. The van der Waals surface area contributed by atoms with Crippen LogP contribution in [0.25, 0.3) is 0 Å². The van der Waals surface area contributed by atoms with Gasteiger partial charge in [-0.2, -0.15) is 17.6 Å². The number of carboxylic acids is 1. The second kappa shape index (κ2) is 8.95. The van der Waals surface area contributed by atoms with Gasteiger partial charge in [0, 0.05) is 12.6 Å². The highest BCUT2D eigenvalue weighted by atomic mass is 32.2. The molecule has 3 N–H and O–H groups in total. The predicted molar refractivity (Wildman–Crippen MR) is 86.8 cm³/mol. The number of hydrogen-bond acceptors (Lipinski definition) is 4. The van der Waals surface area contributed by atoms with Crippen LogP contribution in [-0.2, 0) is 21.2 Å². The smallest absolute Gasteiger partial charge is 0.392 e. The number of rotatable bonds is 9. The monoisotopic (exact) mass is 380 g/mol. The van der Waals surface area contributed by atoms with Gasteiger partial charge in [0.05, 0.1) is 11.7 Å². The van der Waals surface area contributed by atoms with Crippen LogP contribution in [0, 0.1) is 5.92 Å². The first kappa shape index (κ1) is 21.1. The first-order valence-corrected chi connectivity index (χ1v) is 8.97. The van der Waals surface area contributed by atoms with Crippen LogP contribution in [-0.4, -0.2) is 43.7 Å². The number of sulfonamides is 1. The maximum atomic E-state index is 13.1. The third-order valence-electron chi connectivity index (χ3n) is 3.42. The SMILES string of the molecule is N[C@@H](CC=NS(=O)(=O)CCC(Cc1ccccc1)C(F)(F)F)C(=O)O. The number of alkyl halides is 3. The number of benzene rings is 1. The Kier molecular flexibility index (Phi) is 7.56. The molecule has 0 aliphatic heterocycles. The minimum atomic E-state index is -4.54. The summed E-state index contributed by atoms with van der Waals surface area (Å²) < 4.78 is 65.9. The zero-order valence-corrected chi connectivity index (χ0v) is 14.0. The van der Waals surface area contributed by atoms with Crippen LogP contribution in [0.3, 0.4) is 0 Å². The highest BCUT2D eigenvalue weighted by molar-refractivity contribution is 7.90. The number of nitrogens with zero attached hydrogens (tertiary/aromatic N) is 1. The molecule has 10 heteroatoms. The topological polar surface area (TPSA) is 110 Å². The Bertz CT molecular complexity index is 690. The fraction of sp³-hybridized carbons (Fsp3) is 0.467. The first-order valence-electron chi connectivity index (χ1n) is 7.37. The van der Waals surface area contributed by atoms with Gasteiger partial charge in [0.2, 0.25) is 0 Å². The largest absolute Gasteiger partial charge is 0.480 e. The van der Waals surface area contributed by atoms with Crippen LogP contribution in [0.15, 0.2) is 34.7 Å². The molecule has 0 saturated carbocycles. The average molecular weight is 380 g/mol. The van der Waals surface area contributed by atoms with E-state index in [4.69, 9.17) is 10.8 Å². The van der Waals surface area contributed by atoms with Crippen molar-refractivity contribution in [3.63, 3.8) is 0 Å². The molecule has 25 heavy (non-hydrogen) atoms. The van der Waals surface area contributed by atoms with Gasteiger partial charge in [-0.05, 0) is 18.4 Å². The number of carboxylic acid groups (broad SMARTS) is 1. The molecule has 1 aromatic carbocycles. The van der Waals surface area contributed by atoms with Crippen LogP contribution < -0.4 is 5.73 Å². The second-order valence-electron chi connectivity index (χ2n) is 5.47. The zero-order valence-electron chi connectivity index (χ0n) is 13.2. The number of halogens is 3. The molecule has 140 valence electrons. The average Bonchev–Trinajstić information content (AvgIpc) is 2.51. The van der Waals surface area contributed by atoms with Crippen molar-refractivity contribution in [2.75, 3.05) is 5.75 Å². The van der Waals surface area contributed by atoms with Gasteiger partial charge in [-0.15, -0.1) is 0 Å². The molecule has 2 atom stereocenters. The van der Waals surface area contributed by atoms with E-state index in [1.807, 2.05) is 0 Å². The Balaban J connectivity index is 2.69. The van der Waals surface area contributed by atoms with Gasteiger partial charge >= 0.3 is 12.1 Å². The lowest BCUT2D eigenvalue weighted by Gasteiger charge is -2.19. The van der Waals surface area contributed by atoms with Gasteiger partial charge in [-0.3, -0.25) is 4.79 Å². The summed E-state index contributed by atoms with van der Waals surface area (Å²) in [5, 5.41) is 8.56. The Morgan fingerprint density at radius 3 is 2.40 bits per heavy atom. The molecular formula is C15H19F3N2O4S. The van der Waals surface area contributed by atoms with Gasteiger partial charge in [0.25, 0.3) is 10.0 Å². The van der Waals surface area contributed by atoms with Gasteiger partial charge in [-0.25, -0.2) is 8.42 Å². The van der Waals surface area contributed by atoms with Crippen molar-refractivity contribution in [1.29, 1.82) is 0 Å². The molecule has 0 aliphatic rings. The molecule has 0 heterocycles. The van der Waals surface area contributed by atoms with E-state index in [0.29, 0.717) is 5.56 Å². The number of carbonyl (C=O) groups is 1. The van der Waals surface area contributed by atoms with Crippen molar-refractivity contribution in [3.8, 4) is 0 Å².